The number of hydrogen-bond donors (Lipinski definition) is 0. The van der Waals surface area contributed by atoms with E-state index < -0.39 is 21.9 Å². The van der Waals surface area contributed by atoms with Crippen LogP contribution in [-0.2, 0) is 24.0 Å². The first-order valence-corrected chi connectivity index (χ1v) is 7.67. The van der Waals surface area contributed by atoms with Gasteiger partial charge in [0.05, 0.1) is 10.5 Å². The molecule has 114 valence electrons. The molecule has 1 heterocycles. The summed E-state index contributed by atoms with van der Waals surface area (Å²) in [7, 11) is -4.26. The number of nitrogens with zero attached hydrogens (tertiary/aromatic N) is 1. The van der Waals surface area contributed by atoms with Crippen molar-refractivity contribution in [1.29, 1.82) is 0 Å². The molecule has 22 heavy (non-hydrogen) atoms. The molecule has 0 N–H and O–H groups in total. The van der Waals surface area contributed by atoms with Gasteiger partial charge in [0.15, 0.2) is 0 Å². The molecule has 2 rings (SSSR count). The Bertz CT molecular complexity index is 790. The highest BCUT2D eigenvalue weighted by Gasteiger charge is 2.39. The van der Waals surface area contributed by atoms with Crippen molar-refractivity contribution in [2.24, 2.45) is 0 Å². The second-order valence-corrected chi connectivity index (χ2v) is 5.91. The Morgan fingerprint density at radius 2 is 1.77 bits per heavy atom. The van der Waals surface area contributed by atoms with E-state index in [1.165, 1.54) is 49.4 Å². The van der Waals surface area contributed by atoms with Gasteiger partial charge in [0.1, 0.15) is 0 Å². The fourth-order valence-electron chi connectivity index (χ4n) is 1.79. The van der Waals surface area contributed by atoms with Crippen LogP contribution >= 0.6 is 0 Å². The fourth-order valence-corrected chi connectivity index (χ4v) is 2.69. The molecule has 0 fully saturated rings. The lowest BCUT2D eigenvalue weighted by atomic mass is 10.1. The van der Waals surface area contributed by atoms with Crippen LogP contribution < -0.4 is 0 Å². The minimum atomic E-state index is -4.26. The largest absolute Gasteiger partial charge is 0.318 e. The maximum atomic E-state index is 12.1. The minimum absolute atomic E-state index is 0.0631. The first kappa shape index (κ1) is 15.9. The van der Waals surface area contributed by atoms with E-state index in [9.17, 15) is 18.0 Å². The van der Waals surface area contributed by atoms with Gasteiger partial charge in [0.25, 0.3) is 11.8 Å². The van der Waals surface area contributed by atoms with Gasteiger partial charge < -0.3 is 0 Å². The monoisotopic (exact) mass is 319 g/mol. The quantitative estimate of drug-likeness (QED) is 0.610. The molecule has 0 unspecified atom stereocenters. The molecule has 1 aromatic carbocycles. The van der Waals surface area contributed by atoms with Crippen LogP contribution in [0.5, 0.6) is 0 Å². The summed E-state index contributed by atoms with van der Waals surface area (Å²) in [5.74, 6) is -1.65. The van der Waals surface area contributed by atoms with Crippen molar-refractivity contribution in [3.63, 3.8) is 0 Å². The molecular weight excluding hydrogens is 306 g/mol. The zero-order valence-electron chi connectivity index (χ0n) is 11.7. The summed E-state index contributed by atoms with van der Waals surface area (Å²) < 4.78 is 28.9. The third-order valence-corrected chi connectivity index (χ3v) is 4.12. The van der Waals surface area contributed by atoms with Crippen LogP contribution in [0.1, 0.15) is 6.92 Å². The summed E-state index contributed by atoms with van der Waals surface area (Å²) in [6.45, 7) is 4.88. The Morgan fingerprint density at radius 3 is 2.36 bits per heavy atom. The van der Waals surface area contributed by atoms with E-state index in [0.717, 1.165) is 0 Å². The number of allylic oxidation sites excluding steroid dienone is 2. The van der Waals surface area contributed by atoms with E-state index in [1.807, 2.05) is 0 Å². The van der Waals surface area contributed by atoms with Gasteiger partial charge in [-0.3, -0.25) is 9.59 Å². The molecule has 0 radical (unpaired) electrons. The molecule has 2 amide bonds. The molecule has 0 aliphatic carbocycles. The first-order valence-electron chi connectivity index (χ1n) is 6.27. The fraction of sp³-hybridized carbons (Fsp3) is 0.0667. The maximum Gasteiger partial charge on any atom is 0.318 e. The van der Waals surface area contributed by atoms with E-state index in [1.54, 1.807) is 6.07 Å². The molecule has 0 bridgehead atoms. The average Bonchev–Trinajstić information content (AvgIpc) is 2.70. The van der Waals surface area contributed by atoms with Crippen molar-refractivity contribution in [3.8, 4) is 0 Å². The third-order valence-electron chi connectivity index (χ3n) is 2.93. The highest BCUT2D eigenvalue weighted by Crippen LogP contribution is 2.24. The summed E-state index contributed by atoms with van der Waals surface area (Å²) in [6, 6.07) is 7.25. The number of hydrogen-bond acceptors (Lipinski definition) is 5. The first-order chi connectivity index (χ1) is 10.4. The molecule has 1 aliphatic rings. The summed E-state index contributed by atoms with van der Waals surface area (Å²) in [5.41, 5.74) is 0.166. The van der Waals surface area contributed by atoms with Crippen molar-refractivity contribution < 1.29 is 22.3 Å². The van der Waals surface area contributed by atoms with E-state index >= 15 is 0 Å². The highest BCUT2D eigenvalue weighted by atomic mass is 32.2. The molecule has 1 aromatic rings. The lowest BCUT2D eigenvalue weighted by Gasteiger charge is -2.13. The molecule has 0 saturated carbocycles. The predicted molar refractivity (Wildman–Crippen MR) is 78.6 cm³/mol. The van der Waals surface area contributed by atoms with Crippen LogP contribution in [0.3, 0.4) is 0 Å². The minimum Gasteiger partial charge on any atom is -0.267 e. The van der Waals surface area contributed by atoms with Gasteiger partial charge in [-0.1, -0.05) is 36.9 Å². The Hall–Kier alpha value is -2.51. The van der Waals surface area contributed by atoms with E-state index in [2.05, 4.69) is 6.58 Å². The zero-order chi connectivity index (χ0) is 16.3. The van der Waals surface area contributed by atoms with Crippen molar-refractivity contribution in [2.75, 3.05) is 0 Å². The number of imide groups is 1. The highest BCUT2D eigenvalue weighted by molar-refractivity contribution is 7.86. The molecule has 6 nitrogen and oxygen atoms in total. The van der Waals surface area contributed by atoms with Gasteiger partial charge in [0, 0.05) is 5.57 Å². The van der Waals surface area contributed by atoms with Crippen LogP contribution in [-0.4, -0.2) is 25.3 Å². The Balaban J connectivity index is 2.30. The van der Waals surface area contributed by atoms with E-state index in [-0.39, 0.29) is 21.1 Å². The smallest absolute Gasteiger partial charge is 0.267 e. The topological polar surface area (TPSA) is 80.8 Å². The summed E-state index contributed by atoms with van der Waals surface area (Å²) in [4.78, 5) is 24.0. The van der Waals surface area contributed by atoms with Crippen LogP contribution in [0.4, 0.5) is 0 Å². The van der Waals surface area contributed by atoms with E-state index in [0.29, 0.717) is 0 Å². The van der Waals surface area contributed by atoms with Crippen LogP contribution in [0.25, 0.3) is 0 Å². The second-order valence-electron chi connectivity index (χ2n) is 4.38. The van der Waals surface area contributed by atoms with Gasteiger partial charge in [-0.15, -0.1) is 9.35 Å². The number of hydroxylamine groups is 2. The number of carbonyl (C=O) groups is 2. The lowest BCUT2D eigenvalue weighted by Crippen LogP contribution is -2.34. The number of carbonyl (C=O) groups excluding carboxylic acids is 2. The molecule has 0 aromatic heterocycles. The summed E-state index contributed by atoms with van der Waals surface area (Å²) in [5, 5.41) is 0.250. The maximum absolute atomic E-state index is 12.1. The molecule has 7 heteroatoms. The average molecular weight is 319 g/mol. The van der Waals surface area contributed by atoms with Gasteiger partial charge >= 0.3 is 10.1 Å². The van der Waals surface area contributed by atoms with E-state index in [4.69, 9.17) is 4.28 Å². The molecule has 0 saturated heterocycles. The Labute approximate surface area is 128 Å². The van der Waals surface area contributed by atoms with Gasteiger partial charge in [0.2, 0.25) is 0 Å². The van der Waals surface area contributed by atoms with Gasteiger partial charge in [-0.25, -0.2) is 0 Å². The molecule has 1 aliphatic heterocycles. The Kier molecular flexibility index (Phi) is 4.39. The molecule has 0 spiro atoms. The van der Waals surface area contributed by atoms with Crippen molar-refractivity contribution in [2.45, 2.75) is 11.8 Å². The van der Waals surface area contributed by atoms with Crippen molar-refractivity contribution in [1.82, 2.24) is 5.06 Å². The van der Waals surface area contributed by atoms with Crippen molar-refractivity contribution >= 4 is 21.9 Å². The second kappa shape index (κ2) is 6.08. The van der Waals surface area contributed by atoms with Crippen LogP contribution in [0, 0.1) is 0 Å². The Morgan fingerprint density at radius 1 is 1.14 bits per heavy atom. The summed E-state index contributed by atoms with van der Waals surface area (Å²) in [6.07, 6.45) is 4.28. The van der Waals surface area contributed by atoms with Crippen LogP contribution in [0.15, 0.2) is 71.2 Å². The zero-order valence-corrected chi connectivity index (χ0v) is 12.5. The SMILES string of the molecule is C=C/C=C\C1=C(C)C(=O)N(OS(=O)(=O)c2ccccc2)C1=O. The number of benzene rings is 1. The molecule has 0 atom stereocenters. The van der Waals surface area contributed by atoms with Crippen molar-refractivity contribution in [3.05, 3.63) is 66.3 Å². The lowest BCUT2D eigenvalue weighted by molar-refractivity contribution is -0.162. The van der Waals surface area contributed by atoms with Gasteiger partial charge in [-0.2, -0.15) is 8.42 Å². The molecular formula is C15H13NO5S. The third kappa shape index (κ3) is 2.90. The number of amides is 2. The normalized spacial score (nSPS) is 16.0. The van der Waals surface area contributed by atoms with Crippen LogP contribution in [0.2, 0.25) is 0 Å². The predicted octanol–water partition coefficient (Wildman–Crippen LogP) is 1.73. The summed E-state index contributed by atoms with van der Waals surface area (Å²) >= 11 is 0. The number of rotatable bonds is 5. The standard InChI is InChI=1S/C15H13NO5S/c1-3-4-10-13-11(2)14(17)16(15(13)18)21-22(19,20)12-8-6-5-7-9-12/h3-10H,1H2,2H3/b10-4-. The van der Waals surface area contributed by atoms with Gasteiger partial charge in [-0.05, 0) is 25.1 Å².